The van der Waals surface area contributed by atoms with Gasteiger partial charge in [-0.2, -0.15) is 20.1 Å². The number of nitrogens with zero attached hydrogens (tertiary/aromatic N) is 6. The quantitative estimate of drug-likeness (QED) is 0.794. The van der Waals surface area contributed by atoms with Gasteiger partial charge in [0.25, 0.3) is 5.95 Å². The molecule has 0 atom stereocenters. The third-order valence-corrected chi connectivity index (χ3v) is 2.90. The molecule has 0 aliphatic carbocycles. The van der Waals surface area contributed by atoms with Crippen LogP contribution in [0.4, 0.5) is 5.95 Å². The highest BCUT2D eigenvalue weighted by atomic mass is 35.5. The number of aryl methyl sites for hydroxylation is 1. The summed E-state index contributed by atoms with van der Waals surface area (Å²) in [5.41, 5.74) is 2.00. The number of hydrogen-bond acceptors (Lipinski definition) is 6. The first-order chi connectivity index (χ1) is 10.2. The van der Waals surface area contributed by atoms with Gasteiger partial charge in [0.15, 0.2) is 0 Å². The first-order valence-corrected chi connectivity index (χ1v) is 6.65. The Balaban J connectivity index is 1.78. The molecule has 8 heteroatoms. The number of hydrogen-bond donors (Lipinski definition) is 1. The van der Waals surface area contributed by atoms with E-state index < -0.39 is 0 Å². The van der Waals surface area contributed by atoms with Crippen LogP contribution in [0.5, 0.6) is 0 Å². The predicted molar refractivity (Wildman–Crippen MR) is 78.3 cm³/mol. The Hall–Kier alpha value is -2.54. The zero-order valence-corrected chi connectivity index (χ0v) is 12.0. The minimum Gasteiger partial charge on any atom is -0.350 e. The molecular formula is C13H12ClN7. The number of anilines is 1. The lowest BCUT2D eigenvalue weighted by atomic mass is 10.2. The fourth-order valence-corrected chi connectivity index (χ4v) is 1.85. The Labute approximate surface area is 126 Å². The van der Waals surface area contributed by atoms with E-state index in [0.29, 0.717) is 18.4 Å². The molecule has 0 aliphatic rings. The van der Waals surface area contributed by atoms with Gasteiger partial charge < -0.3 is 5.32 Å². The van der Waals surface area contributed by atoms with E-state index in [2.05, 4.69) is 30.4 Å². The zero-order chi connectivity index (χ0) is 14.7. The van der Waals surface area contributed by atoms with Crippen LogP contribution in [0.25, 0.3) is 5.95 Å². The van der Waals surface area contributed by atoms with Gasteiger partial charge in [-0.05, 0) is 36.2 Å². The summed E-state index contributed by atoms with van der Waals surface area (Å²) in [5, 5.41) is 7.27. The molecule has 3 heterocycles. The Bertz CT molecular complexity index is 725. The van der Waals surface area contributed by atoms with Gasteiger partial charge in [-0.1, -0.05) is 6.07 Å². The third kappa shape index (κ3) is 3.32. The van der Waals surface area contributed by atoms with Crippen LogP contribution in [0.15, 0.2) is 36.8 Å². The molecule has 0 saturated heterocycles. The van der Waals surface area contributed by atoms with Crippen LogP contribution in [0.1, 0.15) is 11.3 Å². The van der Waals surface area contributed by atoms with Crippen molar-refractivity contribution < 1.29 is 0 Å². The molecule has 0 unspecified atom stereocenters. The molecule has 3 aromatic heterocycles. The Morgan fingerprint density at radius 1 is 1.24 bits per heavy atom. The van der Waals surface area contributed by atoms with Gasteiger partial charge in [-0.15, -0.1) is 0 Å². The van der Waals surface area contributed by atoms with E-state index in [1.165, 1.54) is 4.68 Å². The van der Waals surface area contributed by atoms with Gasteiger partial charge in [0.05, 0.1) is 0 Å². The third-order valence-electron chi connectivity index (χ3n) is 2.73. The molecule has 0 fully saturated rings. The standard InChI is InChI=1S/C13H12ClN7/c1-9-3-4-10(7-15-9)8-16-12-18-11(14)19-13(20-12)21-6-2-5-17-21/h2-7H,8H2,1H3,(H,16,18,19,20). The summed E-state index contributed by atoms with van der Waals surface area (Å²) < 4.78 is 1.52. The number of aromatic nitrogens is 6. The first kappa shape index (κ1) is 13.4. The van der Waals surface area contributed by atoms with E-state index in [0.717, 1.165) is 11.3 Å². The average molecular weight is 302 g/mol. The summed E-state index contributed by atoms with van der Waals surface area (Å²) in [5.74, 6) is 0.755. The predicted octanol–water partition coefficient (Wildman–Crippen LogP) is 2.03. The SMILES string of the molecule is Cc1ccc(CNc2nc(Cl)nc(-n3cccn3)n2)cn1. The zero-order valence-electron chi connectivity index (χ0n) is 11.2. The molecule has 106 valence electrons. The summed E-state index contributed by atoms with van der Waals surface area (Å²) in [7, 11) is 0. The molecule has 0 spiro atoms. The van der Waals surface area contributed by atoms with Gasteiger partial charge >= 0.3 is 0 Å². The van der Waals surface area contributed by atoms with Crippen molar-refractivity contribution in [2.24, 2.45) is 0 Å². The first-order valence-electron chi connectivity index (χ1n) is 6.28. The lowest BCUT2D eigenvalue weighted by Gasteiger charge is -2.07. The van der Waals surface area contributed by atoms with Crippen molar-refractivity contribution in [3.8, 4) is 5.95 Å². The van der Waals surface area contributed by atoms with Crippen molar-refractivity contribution in [2.75, 3.05) is 5.32 Å². The van der Waals surface area contributed by atoms with Gasteiger partial charge in [-0.25, -0.2) is 4.68 Å². The van der Waals surface area contributed by atoms with Crippen LogP contribution >= 0.6 is 11.6 Å². The van der Waals surface area contributed by atoms with Crippen LogP contribution in [-0.2, 0) is 6.54 Å². The van der Waals surface area contributed by atoms with Crippen LogP contribution in [0.2, 0.25) is 5.28 Å². The average Bonchev–Trinajstić information content (AvgIpc) is 3.00. The highest BCUT2D eigenvalue weighted by molar-refractivity contribution is 6.28. The minimum atomic E-state index is 0.111. The monoisotopic (exact) mass is 301 g/mol. The normalized spacial score (nSPS) is 10.6. The van der Waals surface area contributed by atoms with Crippen molar-refractivity contribution in [3.63, 3.8) is 0 Å². The van der Waals surface area contributed by atoms with Crippen molar-refractivity contribution in [2.45, 2.75) is 13.5 Å². The second-order valence-corrected chi connectivity index (χ2v) is 4.68. The minimum absolute atomic E-state index is 0.111. The van der Waals surface area contributed by atoms with Crippen LogP contribution in [0, 0.1) is 6.92 Å². The summed E-state index contributed by atoms with van der Waals surface area (Å²) in [6.07, 6.45) is 5.18. The highest BCUT2D eigenvalue weighted by Crippen LogP contribution is 2.10. The topological polar surface area (TPSA) is 81.4 Å². The largest absolute Gasteiger partial charge is 0.350 e. The lowest BCUT2D eigenvalue weighted by molar-refractivity contribution is 0.794. The van der Waals surface area contributed by atoms with Gasteiger partial charge in [-0.3, -0.25) is 4.98 Å². The Morgan fingerprint density at radius 3 is 2.86 bits per heavy atom. The number of nitrogens with one attached hydrogen (secondary N) is 1. The second-order valence-electron chi connectivity index (χ2n) is 4.34. The van der Waals surface area contributed by atoms with E-state index in [1.807, 2.05) is 19.1 Å². The van der Waals surface area contributed by atoms with Gasteiger partial charge in [0, 0.05) is 30.8 Å². The Kier molecular flexibility index (Phi) is 3.74. The van der Waals surface area contributed by atoms with E-state index in [9.17, 15) is 0 Å². The fraction of sp³-hybridized carbons (Fsp3) is 0.154. The molecule has 1 N–H and O–H groups in total. The Morgan fingerprint density at radius 2 is 2.14 bits per heavy atom. The molecule has 3 aromatic rings. The van der Waals surface area contributed by atoms with Crippen molar-refractivity contribution in [1.29, 1.82) is 0 Å². The van der Waals surface area contributed by atoms with Crippen LogP contribution in [-0.4, -0.2) is 29.7 Å². The smallest absolute Gasteiger partial charge is 0.256 e. The maximum atomic E-state index is 5.91. The van der Waals surface area contributed by atoms with Crippen molar-refractivity contribution in [1.82, 2.24) is 29.7 Å². The summed E-state index contributed by atoms with van der Waals surface area (Å²) in [6, 6.07) is 5.72. The van der Waals surface area contributed by atoms with Gasteiger partial charge in [0.2, 0.25) is 11.2 Å². The molecule has 0 aromatic carbocycles. The molecule has 7 nitrogen and oxygen atoms in total. The van der Waals surface area contributed by atoms with Crippen molar-refractivity contribution >= 4 is 17.5 Å². The van der Waals surface area contributed by atoms with Crippen LogP contribution in [0.3, 0.4) is 0 Å². The molecule has 21 heavy (non-hydrogen) atoms. The van der Waals surface area contributed by atoms with Gasteiger partial charge in [0.1, 0.15) is 0 Å². The summed E-state index contributed by atoms with van der Waals surface area (Å²) in [4.78, 5) is 16.6. The summed E-state index contributed by atoms with van der Waals surface area (Å²) in [6.45, 7) is 2.49. The van der Waals surface area contributed by atoms with E-state index in [4.69, 9.17) is 11.6 Å². The van der Waals surface area contributed by atoms with E-state index in [-0.39, 0.29) is 5.28 Å². The second kappa shape index (κ2) is 5.84. The lowest BCUT2D eigenvalue weighted by Crippen LogP contribution is -2.09. The molecule has 0 aliphatic heterocycles. The molecule has 0 radical (unpaired) electrons. The highest BCUT2D eigenvalue weighted by Gasteiger charge is 2.07. The van der Waals surface area contributed by atoms with E-state index in [1.54, 1.807) is 24.7 Å². The maximum absolute atomic E-state index is 5.91. The molecule has 0 bridgehead atoms. The number of pyridine rings is 1. The molecule has 0 amide bonds. The van der Waals surface area contributed by atoms with Crippen LogP contribution < -0.4 is 5.32 Å². The maximum Gasteiger partial charge on any atom is 0.256 e. The van der Waals surface area contributed by atoms with E-state index >= 15 is 0 Å². The molecular weight excluding hydrogens is 290 g/mol. The van der Waals surface area contributed by atoms with Crippen molar-refractivity contribution in [3.05, 3.63) is 53.3 Å². The molecule has 3 rings (SSSR count). The number of rotatable bonds is 4. The molecule has 0 saturated carbocycles. The summed E-state index contributed by atoms with van der Waals surface area (Å²) >= 11 is 5.91. The fourth-order valence-electron chi connectivity index (χ4n) is 1.69. The number of halogens is 1.